The van der Waals surface area contributed by atoms with Crippen LogP contribution < -0.4 is 0 Å². The van der Waals surface area contributed by atoms with Gasteiger partial charge >= 0.3 is 0 Å². The van der Waals surface area contributed by atoms with Gasteiger partial charge < -0.3 is 0 Å². The predicted molar refractivity (Wildman–Crippen MR) is 56.0 cm³/mol. The summed E-state index contributed by atoms with van der Waals surface area (Å²) in [6.07, 6.45) is 7.20. The lowest BCUT2D eigenvalue weighted by Gasteiger charge is -1.97. The number of nitrogens with zero attached hydrogens (tertiary/aromatic N) is 2. The fourth-order valence-corrected chi connectivity index (χ4v) is 0.948. The predicted octanol–water partition coefficient (Wildman–Crippen LogP) is 2.24. The molecule has 1 heterocycles. The molecule has 0 fully saturated rings. The molecule has 0 N–H and O–H groups in total. The Bertz CT molecular complexity index is 323. The minimum absolute atomic E-state index is 0.862. The van der Waals surface area contributed by atoms with Crippen molar-refractivity contribution in [3.8, 4) is 0 Å². The normalized spacial score (nSPS) is 11.9. The van der Waals surface area contributed by atoms with Crippen molar-refractivity contribution >= 4 is 5.71 Å². The molecule has 0 amide bonds. The zero-order valence-corrected chi connectivity index (χ0v) is 7.64. The fourth-order valence-electron chi connectivity index (χ4n) is 0.948. The van der Waals surface area contributed by atoms with E-state index in [-0.39, 0.29) is 0 Å². The molecule has 0 bridgehead atoms. The summed E-state index contributed by atoms with van der Waals surface area (Å²) in [5, 5.41) is 0. The molecule has 0 atom stereocenters. The van der Waals surface area contributed by atoms with E-state index in [1.54, 1.807) is 19.3 Å². The number of hydrogen-bond donors (Lipinski definition) is 0. The molecular weight excluding hydrogens is 160 g/mol. The highest BCUT2D eigenvalue weighted by Crippen LogP contribution is 1.97. The molecule has 0 aromatic carbocycles. The lowest BCUT2D eigenvalue weighted by atomic mass is 10.2. The molecule has 0 unspecified atom stereocenters. The van der Waals surface area contributed by atoms with E-state index in [9.17, 15) is 0 Å². The number of pyridine rings is 1. The molecule has 0 saturated heterocycles. The first-order valence-corrected chi connectivity index (χ1v) is 4.05. The highest BCUT2D eigenvalue weighted by molar-refractivity contribution is 6.07. The molecule has 1 aromatic rings. The van der Waals surface area contributed by atoms with Crippen LogP contribution in [0.1, 0.15) is 5.69 Å². The Hall–Kier alpha value is -1.70. The number of allylic oxidation sites excluding steroid dienone is 3. The van der Waals surface area contributed by atoms with Crippen LogP contribution in [0.15, 0.2) is 54.2 Å². The smallest absolute Gasteiger partial charge is 0.0881 e. The van der Waals surface area contributed by atoms with Crippen LogP contribution in [-0.4, -0.2) is 17.7 Å². The maximum Gasteiger partial charge on any atom is 0.0881 e. The van der Waals surface area contributed by atoms with Crippen molar-refractivity contribution in [3.05, 3.63) is 54.9 Å². The molecule has 2 nitrogen and oxygen atoms in total. The molecule has 0 saturated carbocycles. The quantitative estimate of drug-likeness (QED) is 0.507. The summed E-state index contributed by atoms with van der Waals surface area (Å²) in [7, 11) is 1.75. The van der Waals surface area contributed by atoms with E-state index in [4.69, 9.17) is 0 Å². The van der Waals surface area contributed by atoms with Gasteiger partial charge in [0.05, 0.1) is 11.4 Å². The Morgan fingerprint density at radius 3 is 2.92 bits per heavy atom. The van der Waals surface area contributed by atoms with Crippen LogP contribution in [0.25, 0.3) is 0 Å². The van der Waals surface area contributed by atoms with Gasteiger partial charge in [0, 0.05) is 13.2 Å². The fraction of sp³-hybridized carbons (Fsp3) is 0.0909. The van der Waals surface area contributed by atoms with Crippen molar-refractivity contribution in [3.63, 3.8) is 0 Å². The third kappa shape index (κ3) is 2.67. The van der Waals surface area contributed by atoms with Crippen molar-refractivity contribution in [1.29, 1.82) is 0 Å². The molecule has 66 valence electrons. The second kappa shape index (κ2) is 5.04. The number of rotatable bonds is 3. The summed E-state index contributed by atoms with van der Waals surface area (Å²) >= 11 is 0. The molecule has 1 aromatic heterocycles. The van der Waals surface area contributed by atoms with Crippen LogP contribution in [0.2, 0.25) is 0 Å². The van der Waals surface area contributed by atoms with Crippen LogP contribution in [-0.2, 0) is 0 Å². The summed E-state index contributed by atoms with van der Waals surface area (Å²) < 4.78 is 0. The van der Waals surface area contributed by atoms with E-state index in [1.165, 1.54) is 0 Å². The van der Waals surface area contributed by atoms with Gasteiger partial charge in [-0.25, -0.2) is 0 Å². The van der Waals surface area contributed by atoms with Gasteiger partial charge in [-0.15, -0.1) is 0 Å². The van der Waals surface area contributed by atoms with E-state index in [2.05, 4.69) is 16.6 Å². The van der Waals surface area contributed by atoms with Crippen LogP contribution in [0.5, 0.6) is 0 Å². The molecule has 0 radical (unpaired) electrons. The Morgan fingerprint density at radius 2 is 2.38 bits per heavy atom. The van der Waals surface area contributed by atoms with Gasteiger partial charge in [-0.05, 0) is 18.2 Å². The van der Waals surface area contributed by atoms with Gasteiger partial charge in [0.15, 0.2) is 0 Å². The van der Waals surface area contributed by atoms with E-state index < -0.39 is 0 Å². The van der Waals surface area contributed by atoms with Crippen LogP contribution in [0, 0.1) is 0 Å². The first kappa shape index (κ1) is 9.39. The number of aliphatic imine (C=N–C) groups is 1. The van der Waals surface area contributed by atoms with Gasteiger partial charge in [0.1, 0.15) is 0 Å². The Balaban J connectivity index is 2.92. The molecular formula is C11H12N2. The monoisotopic (exact) mass is 172 g/mol. The van der Waals surface area contributed by atoms with Crippen molar-refractivity contribution in [2.24, 2.45) is 4.99 Å². The second-order valence-electron chi connectivity index (χ2n) is 2.42. The van der Waals surface area contributed by atoms with Gasteiger partial charge in [-0.1, -0.05) is 24.8 Å². The molecule has 0 aliphatic rings. The minimum atomic E-state index is 0.862. The average Bonchev–Trinajstić information content (AvgIpc) is 2.21. The summed E-state index contributed by atoms with van der Waals surface area (Å²) in [6, 6.07) is 5.75. The zero-order chi connectivity index (χ0) is 9.52. The third-order valence-electron chi connectivity index (χ3n) is 1.56. The number of hydrogen-bond acceptors (Lipinski definition) is 2. The van der Waals surface area contributed by atoms with Gasteiger partial charge in [0.2, 0.25) is 0 Å². The van der Waals surface area contributed by atoms with Crippen LogP contribution >= 0.6 is 0 Å². The van der Waals surface area contributed by atoms with E-state index in [1.807, 2.05) is 30.4 Å². The van der Waals surface area contributed by atoms with Gasteiger partial charge in [-0.2, -0.15) is 0 Å². The van der Waals surface area contributed by atoms with Crippen LogP contribution in [0.4, 0.5) is 0 Å². The topological polar surface area (TPSA) is 25.2 Å². The summed E-state index contributed by atoms with van der Waals surface area (Å²) in [5.74, 6) is 0. The van der Waals surface area contributed by atoms with Crippen molar-refractivity contribution < 1.29 is 0 Å². The van der Waals surface area contributed by atoms with Crippen LogP contribution in [0.3, 0.4) is 0 Å². The van der Waals surface area contributed by atoms with Gasteiger partial charge in [-0.3, -0.25) is 9.98 Å². The highest BCUT2D eigenvalue weighted by Gasteiger charge is 1.96. The summed E-state index contributed by atoms with van der Waals surface area (Å²) in [6.45, 7) is 3.60. The van der Waals surface area contributed by atoms with E-state index in [0.29, 0.717) is 0 Å². The lowest BCUT2D eigenvalue weighted by molar-refractivity contribution is 1.28. The molecule has 1 rings (SSSR count). The molecule has 0 aliphatic carbocycles. The zero-order valence-electron chi connectivity index (χ0n) is 7.64. The third-order valence-corrected chi connectivity index (χ3v) is 1.56. The van der Waals surface area contributed by atoms with E-state index >= 15 is 0 Å². The van der Waals surface area contributed by atoms with Crippen molar-refractivity contribution in [2.45, 2.75) is 0 Å². The van der Waals surface area contributed by atoms with Crippen molar-refractivity contribution in [1.82, 2.24) is 4.98 Å². The Morgan fingerprint density at radius 1 is 1.54 bits per heavy atom. The highest BCUT2D eigenvalue weighted by atomic mass is 14.7. The largest absolute Gasteiger partial charge is 0.286 e. The standard InChI is InChI=1S/C11H12N2/c1-3-4-7-10(12-2)11-8-5-6-9-13-11/h3-9H,1H2,2H3/b7-4-,12-10+. The molecule has 2 heteroatoms. The maximum absolute atomic E-state index is 4.19. The summed E-state index contributed by atoms with van der Waals surface area (Å²) in [4.78, 5) is 8.30. The van der Waals surface area contributed by atoms with E-state index in [0.717, 1.165) is 11.4 Å². The summed E-state index contributed by atoms with van der Waals surface area (Å²) in [5.41, 5.74) is 1.74. The average molecular weight is 172 g/mol. The SMILES string of the molecule is C=C/C=C\C(=N/C)c1ccccn1. The maximum atomic E-state index is 4.19. The Labute approximate surface area is 78.4 Å². The lowest BCUT2D eigenvalue weighted by Crippen LogP contribution is -1.98. The van der Waals surface area contributed by atoms with Gasteiger partial charge in [0.25, 0.3) is 0 Å². The first-order chi connectivity index (χ1) is 6.38. The van der Waals surface area contributed by atoms with Crippen molar-refractivity contribution in [2.75, 3.05) is 7.05 Å². The Kier molecular flexibility index (Phi) is 3.64. The minimum Gasteiger partial charge on any atom is -0.286 e. The molecule has 0 spiro atoms. The molecule has 13 heavy (non-hydrogen) atoms. The number of aromatic nitrogens is 1. The second-order valence-corrected chi connectivity index (χ2v) is 2.42. The molecule has 0 aliphatic heterocycles. The first-order valence-electron chi connectivity index (χ1n) is 4.05.